The van der Waals surface area contributed by atoms with E-state index in [0.29, 0.717) is 31.6 Å². The van der Waals surface area contributed by atoms with Gasteiger partial charge < -0.3 is 9.80 Å². The van der Waals surface area contributed by atoms with Crippen molar-refractivity contribution in [3.05, 3.63) is 54.6 Å². The van der Waals surface area contributed by atoms with E-state index in [1.54, 1.807) is 52.5 Å². The summed E-state index contributed by atoms with van der Waals surface area (Å²) in [7, 11) is 0. The largest absolute Gasteiger partial charge is 0.336 e. The van der Waals surface area contributed by atoms with Gasteiger partial charge in [-0.1, -0.05) is 18.2 Å². The Bertz CT molecular complexity index is 850. The van der Waals surface area contributed by atoms with Crippen LogP contribution >= 0.6 is 0 Å². The first-order chi connectivity index (χ1) is 13.1. The average Bonchev–Trinajstić information content (AvgIpc) is 3.03. The monoisotopic (exact) mass is 365 g/mol. The summed E-state index contributed by atoms with van der Waals surface area (Å²) in [6.07, 6.45) is 4.33. The molecule has 2 aliphatic heterocycles. The predicted octanol–water partition coefficient (Wildman–Crippen LogP) is 1.55. The molecule has 8 heteroatoms. The van der Waals surface area contributed by atoms with E-state index in [2.05, 4.69) is 9.97 Å². The van der Waals surface area contributed by atoms with Gasteiger partial charge in [0, 0.05) is 31.5 Å². The normalized spacial score (nSPS) is 18.3. The summed E-state index contributed by atoms with van der Waals surface area (Å²) >= 11 is 0. The fourth-order valence-corrected chi connectivity index (χ4v) is 3.57. The molecular formula is C19H19N5O3. The number of urea groups is 1. The van der Waals surface area contributed by atoms with Gasteiger partial charge in [-0.15, -0.1) is 0 Å². The van der Waals surface area contributed by atoms with E-state index in [0.717, 1.165) is 0 Å². The lowest BCUT2D eigenvalue weighted by atomic mass is 10.0. The van der Waals surface area contributed by atoms with Crippen LogP contribution in [-0.4, -0.2) is 63.3 Å². The summed E-state index contributed by atoms with van der Waals surface area (Å²) in [5, 5.41) is 0. The molecule has 0 radical (unpaired) electrons. The number of nitrogens with zero attached hydrogens (tertiary/aromatic N) is 5. The second-order valence-electron chi connectivity index (χ2n) is 6.57. The second-order valence-corrected chi connectivity index (χ2v) is 6.57. The molecule has 8 nitrogen and oxygen atoms in total. The second kappa shape index (κ2) is 7.14. The highest BCUT2D eigenvalue weighted by Gasteiger charge is 2.41. The zero-order valence-electron chi connectivity index (χ0n) is 14.7. The van der Waals surface area contributed by atoms with Crippen molar-refractivity contribution < 1.29 is 14.4 Å². The van der Waals surface area contributed by atoms with Crippen LogP contribution in [0.1, 0.15) is 23.5 Å². The van der Waals surface area contributed by atoms with Gasteiger partial charge in [-0.2, -0.15) is 0 Å². The van der Waals surface area contributed by atoms with E-state index in [1.165, 1.54) is 4.90 Å². The lowest BCUT2D eigenvalue weighted by molar-refractivity contribution is -0.116. The standard InChI is InChI=1S/C19H19N5O3/c25-16-13-23(19(27)24(16)15-5-2-1-3-6-15)14-7-11-22(12-8-14)18(26)17-20-9-4-10-21-17/h1-6,9-10,14H,7-8,11-13H2. The van der Waals surface area contributed by atoms with Gasteiger partial charge in [-0.3, -0.25) is 9.59 Å². The SMILES string of the molecule is O=C(c1ncccn1)N1CCC(N2CC(=O)N(c3ccccc3)C2=O)CC1. The Labute approximate surface area is 156 Å². The van der Waals surface area contributed by atoms with Crippen molar-refractivity contribution in [2.75, 3.05) is 24.5 Å². The third kappa shape index (κ3) is 3.25. The molecule has 27 heavy (non-hydrogen) atoms. The maximum Gasteiger partial charge on any atom is 0.332 e. The highest BCUT2D eigenvalue weighted by Crippen LogP contribution is 2.26. The zero-order valence-corrected chi connectivity index (χ0v) is 14.7. The Balaban J connectivity index is 1.41. The Morgan fingerprint density at radius 2 is 1.63 bits per heavy atom. The minimum atomic E-state index is -0.289. The molecule has 2 saturated heterocycles. The molecule has 0 bridgehead atoms. The molecule has 4 rings (SSSR count). The number of piperidine rings is 1. The van der Waals surface area contributed by atoms with Crippen LogP contribution in [0, 0.1) is 0 Å². The average molecular weight is 365 g/mol. The van der Waals surface area contributed by atoms with Crippen LogP contribution in [0.25, 0.3) is 0 Å². The third-order valence-corrected chi connectivity index (χ3v) is 4.96. The Morgan fingerprint density at radius 3 is 2.30 bits per heavy atom. The summed E-state index contributed by atoms with van der Waals surface area (Å²) in [6.45, 7) is 1.09. The molecule has 4 amide bonds. The molecule has 138 valence electrons. The molecule has 2 aliphatic rings. The van der Waals surface area contributed by atoms with Gasteiger partial charge in [-0.05, 0) is 31.0 Å². The fourth-order valence-electron chi connectivity index (χ4n) is 3.57. The summed E-state index contributed by atoms with van der Waals surface area (Å²) in [5.41, 5.74) is 0.587. The number of hydrogen-bond acceptors (Lipinski definition) is 5. The van der Waals surface area contributed by atoms with Crippen molar-refractivity contribution in [3.8, 4) is 0 Å². The van der Waals surface area contributed by atoms with Crippen molar-refractivity contribution in [3.63, 3.8) is 0 Å². The number of likely N-dealkylation sites (tertiary alicyclic amines) is 1. The van der Waals surface area contributed by atoms with E-state index in [-0.39, 0.29) is 36.3 Å². The van der Waals surface area contributed by atoms with E-state index < -0.39 is 0 Å². The van der Waals surface area contributed by atoms with Crippen LogP contribution in [0.5, 0.6) is 0 Å². The maximum absolute atomic E-state index is 12.8. The van der Waals surface area contributed by atoms with Gasteiger partial charge in [0.2, 0.25) is 5.82 Å². The number of hydrogen-bond donors (Lipinski definition) is 0. The smallest absolute Gasteiger partial charge is 0.332 e. The molecule has 0 saturated carbocycles. The van der Waals surface area contributed by atoms with Gasteiger partial charge in [0.05, 0.1) is 5.69 Å². The van der Waals surface area contributed by atoms with Crippen molar-refractivity contribution in [1.82, 2.24) is 19.8 Å². The Kier molecular flexibility index (Phi) is 4.53. The van der Waals surface area contributed by atoms with Gasteiger partial charge in [-0.25, -0.2) is 19.7 Å². The number of carbonyl (C=O) groups excluding carboxylic acids is 3. The minimum Gasteiger partial charge on any atom is -0.336 e. The van der Waals surface area contributed by atoms with Crippen LogP contribution < -0.4 is 4.90 Å². The van der Waals surface area contributed by atoms with Crippen LogP contribution in [0.15, 0.2) is 48.8 Å². The highest BCUT2D eigenvalue weighted by molar-refractivity contribution is 6.19. The lowest BCUT2D eigenvalue weighted by Crippen LogP contribution is -2.48. The zero-order chi connectivity index (χ0) is 18.8. The van der Waals surface area contributed by atoms with Crippen LogP contribution in [0.2, 0.25) is 0 Å². The summed E-state index contributed by atoms with van der Waals surface area (Å²) in [5.74, 6) is -0.246. The molecule has 1 aromatic heterocycles. The quantitative estimate of drug-likeness (QED) is 0.770. The number of amides is 4. The number of rotatable bonds is 3. The van der Waals surface area contributed by atoms with Crippen molar-refractivity contribution in [2.45, 2.75) is 18.9 Å². The van der Waals surface area contributed by atoms with Crippen LogP contribution in [0.4, 0.5) is 10.5 Å². The predicted molar refractivity (Wildman–Crippen MR) is 97.0 cm³/mol. The first-order valence-corrected chi connectivity index (χ1v) is 8.90. The van der Waals surface area contributed by atoms with E-state index in [1.807, 2.05) is 6.07 Å². The van der Waals surface area contributed by atoms with Crippen molar-refractivity contribution >= 4 is 23.5 Å². The number of anilines is 1. The number of benzene rings is 1. The highest BCUT2D eigenvalue weighted by atomic mass is 16.2. The number of aromatic nitrogens is 2. The van der Waals surface area contributed by atoms with Crippen LogP contribution in [0.3, 0.4) is 0 Å². The topological polar surface area (TPSA) is 86.7 Å². The van der Waals surface area contributed by atoms with E-state index in [4.69, 9.17) is 0 Å². The first kappa shape index (κ1) is 17.1. The van der Waals surface area contributed by atoms with E-state index >= 15 is 0 Å². The molecule has 0 N–H and O–H groups in total. The maximum atomic E-state index is 12.8. The molecule has 0 atom stereocenters. The lowest BCUT2D eigenvalue weighted by Gasteiger charge is -2.35. The summed E-state index contributed by atoms with van der Waals surface area (Å²) < 4.78 is 0. The number of carbonyl (C=O) groups is 3. The number of imide groups is 1. The van der Waals surface area contributed by atoms with Gasteiger partial charge in [0.25, 0.3) is 11.8 Å². The molecule has 2 fully saturated rings. The summed E-state index contributed by atoms with van der Waals surface area (Å²) in [6, 6.07) is 10.3. The first-order valence-electron chi connectivity index (χ1n) is 8.90. The number of para-hydroxylation sites is 1. The van der Waals surface area contributed by atoms with E-state index in [9.17, 15) is 14.4 Å². The third-order valence-electron chi connectivity index (χ3n) is 4.96. The fraction of sp³-hybridized carbons (Fsp3) is 0.316. The molecule has 0 unspecified atom stereocenters. The Hall–Kier alpha value is -3.29. The minimum absolute atomic E-state index is 0.0593. The molecule has 0 spiro atoms. The Morgan fingerprint density at radius 1 is 0.963 bits per heavy atom. The molecule has 0 aliphatic carbocycles. The molecule has 2 aromatic rings. The van der Waals surface area contributed by atoms with Crippen molar-refractivity contribution in [2.24, 2.45) is 0 Å². The summed E-state index contributed by atoms with van der Waals surface area (Å²) in [4.78, 5) is 50.1. The molecule has 3 heterocycles. The molecular weight excluding hydrogens is 346 g/mol. The van der Waals surface area contributed by atoms with Crippen LogP contribution in [-0.2, 0) is 4.79 Å². The van der Waals surface area contributed by atoms with Gasteiger partial charge >= 0.3 is 6.03 Å². The molecule has 1 aromatic carbocycles. The van der Waals surface area contributed by atoms with Gasteiger partial charge in [0.15, 0.2) is 0 Å². The van der Waals surface area contributed by atoms with Gasteiger partial charge in [0.1, 0.15) is 6.54 Å². The van der Waals surface area contributed by atoms with Crippen molar-refractivity contribution in [1.29, 1.82) is 0 Å².